The van der Waals surface area contributed by atoms with Crippen molar-refractivity contribution in [1.29, 1.82) is 0 Å². The molecule has 3 atom stereocenters. The van der Waals surface area contributed by atoms with Crippen LogP contribution in [0.4, 0.5) is 19.0 Å². The fourth-order valence-corrected chi connectivity index (χ4v) is 5.72. The molecule has 1 aliphatic carbocycles. The number of fused-ring (bicyclic) bond motifs is 2. The van der Waals surface area contributed by atoms with E-state index in [-0.39, 0.29) is 17.6 Å². The number of halogens is 3. The van der Waals surface area contributed by atoms with Crippen molar-refractivity contribution in [1.82, 2.24) is 29.9 Å². The smallest absolute Gasteiger partial charge is 0.365 e. The Kier molecular flexibility index (Phi) is 5.63. The number of rotatable bonds is 5. The highest BCUT2D eigenvalue weighted by Gasteiger charge is 2.42. The highest BCUT2D eigenvalue weighted by molar-refractivity contribution is 5.83. The first kappa shape index (κ1) is 22.9. The van der Waals surface area contributed by atoms with Gasteiger partial charge in [0.15, 0.2) is 5.82 Å². The average molecular weight is 494 g/mol. The Hall–Kier alpha value is -3.53. The lowest BCUT2D eigenvalue weighted by atomic mass is 10.0. The predicted molar refractivity (Wildman–Crippen MR) is 130 cm³/mol. The normalized spacial score (nSPS) is 22.3. The molecule has 1 N–H and O–H groups in total. The van der Waals surface area contributed by atoms with Crippen LogP contribution in [0.2, 0.25) is 0 Å². The SMILES string of the molecule is Cn1cc2cc(-c3cc(C(F)(F)F)c(NC4C[C@@H]5CN(Cc6ccccn6)C[C@@H]5C4)nn3)ccc2n1. The maximum atomic E-state index is 14.0. The molecule has 7 nitrogen and oxygen atoms in total. The Morgan fingerprint density at radius 1 is 1.03 bits per heavy atom. The van der Waals surface area contributed by atoms with Gasteiger partial charge in [-0.2, -0.15) is 18.3 Å². The number of aryl methyl sites for hydroxylation is 1. The number of pyridine rings is 1. The van der Waals surface area contributed by atoms with Gasteiger partial charge in [0.05, 0.1) is 16.9 Å². The van der Waals surface area contributed by atoms with Crippen LogP contribution in [0.25, 0.3) is 22.2 Å². The van der Waals surface area contributed by atoms with Crippen LogP contribution in [0, 0.1) is 11.8 Å². The maximum absolute atomic E-state index is 14.0. The second kappa shape index (κ2) is 8.85. The zero-order valence-electron chi connectivity index (χ0n) is 19.8. The first-order valence-corrected chi connectivity index (χ1v) is 12.1. The molecule has 2 aliphatic rings. The molecule has 6 rings (SSSR count). The Morgan fingerprint density at radius 3 is 2.56 bits per heavy atom. The van der Waals surface area contributed by atoms with Crippen LogP contribution in [0.1, 0.15) is 24.1 Å². The molecular weight excluding hydrogens is 467 g/mol. The average Bonchev–Trinajstić information content (AvgIpc) is 3.50. The van der Waals surface area contributed by atoms with Crippen molar-refractivity contribution in [3.05, 3.63) is 66.1 Å². The number of aromatic nitrogens is 5. The molecule has 36 heavy (non-hydrogen) atoms. The number of alkyl halides is 3. The van der Waals surface area contributed by atoms with Crippen molar-refractivity contribution in [3.63, 3.8) is 0 Å². The maximum Gasteiger partial charge on any atom is 0.420 e. The fourth-order valence-electron chi connectivity index (χ4n) is 5.72. The van der Waals surface area contributed by atoms with Gasteiger partial charge in [-0.05, 0) is 55.0 Å². The van der Waals surface area contributed by atoms with Crippen LogP contribution < -0.4 is 5.32 Å². The first-order valence-electron chi connectivity index (χ1n) is 12.1. The molecule has 2 fully saturated rings. The summed E-state index contributed by atoms with van der Waals surface area (Å²) in [5.74, 6) is 0.724. The molecule has 1 unspecified atom stereocenters. The minimum atomic E-state index is -4.54. The molecule has 1 aromatic carbocycles. The molecule has 0 radical (unpaired) electrons. The number of benzene rings is 1. The predicted octanol–water partition coefficient (Wildman–Crippen LogP) is 4.77. The summed E-state index contributed by atoms with van der Waals surface area (Å²) in [6.07, 6.45) is 0.720. The van der Waals surface area contributed by atoms with Crippen LogP contribution >= 0.6 is 0 Å². The van der Waals surface area contributed by atoms with Crippen LogP contribution in [0.5, 0.6) is 0 Å². The Labute approximate surface area is 206 Å². The monoisotopic (exact) mass is 493 g/mol. The van der Waals surface area contributed by atoms with Crippen molar-refractivity contribution in [2.24, 2.45) is 18.9 Å². The van der Waals surface area contributed by atoms with Gasteiger partial charge in [-0.1, -0.05) is 12.1 Å². The van der Waals surface area contributed by atoms with Crippen molar-refractivity contribution in [2.75, 3.05) is 18.4 Å². The van der Waals surface area contributed by atoms with E-state index in [1.807, 2.05) is 24.4 Å². The van der Waals surface area contributed by atoms with Gasteiger partial charge in [-0.25, -0.2) is 0 Å². The van der Waals surface area contributed by atoms with Gasteiger partial charge in [-0.3, -0.25) is 14.6 Å². The summed E-state index contributed by atoms with van der Waals surface area (Å²) < 4.78 is 43.8. The summed E-state index contributed by atoms with van der Waals surface area (Å²) in [4.78, 5) is 6.80. The zero-order valence-corrected chi connectivity index (χ0v) is 19.8. The second-order valence-electron chi connectivity index (χ2n) is 9.91. The number of hydrogen-bond donors (Lipinski definition) is 1. The van der Waals surface area contributed by atoms with Crippen molar-refractivity contribution < 1.29 is 13.2 Å². The number of likely N-dealkylation sites (tertiary alicyclic amines) is 1. The summed E-state index contributed by atoms with van der Waals surface area (Å²) in [7, 11) is 1.80. The summed E-state index contributed by atoms with van der Waals surface area (Å²) in [5, 5.41) is 16.4. The van der Waals surface area contributed by atoms with Crippen LogP contribution in [0.15, 0.2) is 54.9 Å². The third-order valence-electron chi connectivity index (χ3n) is 7.29. The van der Waals surface area contributed by atoms with E-state index >= 15 is 0 Å². The number of nitrogens with zero attached hydrogens (tertiary/aromatic N) is 6. The van der Waals surface area contributed by atoms with Crippen molar-refractivity contribution in [3.8, 4) is 11.3 Å². The highest BCUT2D eigenvalue weighted by Crippen LogP contribution is 2.41. The van der Waals surface area contributed by atoms with Gasteiger partial charge < -0.3 is 5.32 Å². The van der Waals surface area contributed by atoms with E-state index in [0.29, 0.717) is 17.4 Å². The second-order valence-corrected chi connectivity index (χ2v) is 9.91. The highest BCUT2D eigenvalue weighted by atomic mass is 19.4. The minimum Gasteiger partial charge on any atom is -0.365 e. The quantitative estimate of drug-likeness (QED) is 0.432. The molecule has 186 valence electrons. The van der Waals surface area contributed by atoms with E-state index in [4.69, 9.17) is 0 Å². The lowest BCUT2D eigenvalue weighted by Gasteiger charge is -2.21. The molecular formula is C26H26F3N7. The Balaban J connectivity index is 1.17. The lowest BCUT2D eigenvalue weighted by molar-refractivity contribution is -0.137. The standard InChI is InChI=1S/C26H26F3N7/c1-35-12-19-8-16(5-6-23(19)34-35)24-11-22(26(27,28)29)25(33-32-24)31-21-9-17-13-36(14-18(17)10-21)15-20-4-2-3-7-30-20/h2-8,11-12,17-18,21H,9-10,13-15H2,1H3,(H,31,33)/t17-,18+,21?. The van der Waals surface area contributed by atoms with E-state index in [1.165, 1.54) is 0 Å². The topological polar surface area (TPSA) is 71.8 Å². The summed E-state index contributed by atoms with van der Waals surface area (Å²) in [5.41, 5.74) is 1.79. The molecule has 10 heteroatoms. The van der Waals surface area contributed by atoms with E-state index in [2.05, 4.69) is 30.5 Å². The molecule has 0 bridgehead atoms. The van der Waals surface area contributed by atoms with Gasteiger partial charge >= 0.3 is 6.18 Å². The van der Waals surface area contributed by atoms with Crippen molar-refractivity contribution in [2.45, 2.75) is 31.6 Å². The summed E-state index contributed by atoms with van der Waals surface area (Å²) >= 11 is 0. The molecule has 4 heterocycles. The van der Waals surface area contributed by atoms with Gasteiger partial charge in [0, 0.05) is 56.1 Å². The molecule has 1 saturated carbocycles. The third-order valence-corrected chi connectivity index (χ3v) is 7.29. The lowest BCUT2D eigenvalue weighted by Crippen LogP contribution is -2.26. The molecule has 3 aromatic heterocycles. The molecule has 4 aromatic rings. The summed E-state index contributed by atoms with van der Waals surface area (Å²) in [6, 6.07) is 12.2. The minimum absolute atomic E-state index is 0.0509. The van der Waals surface area contributed by atoms with E-state index in [1.54, 1.807) is 36.1 Å². The Bertz CT molecular complexity index is 1370. The zero-order chi connectivity index (χ0) is 24.9. The van der Waals surface area contributed by atoms with Crippen LogP contribution in [-0.2, 0) is 19.8 Å². The Morgan fingerprint density at radius 2 is 1.83 bits per heavy atom. The van der Waals surface area contributed by atoms with Crippen LogP contribution in [-0.4, -0.2) is 49.0 Å². The molecule has 0 spiro atoms. The number of nitrogens with one attached hydrogen (secondary N) is 1. The van der Waals surface area contributed by atoms with E-state index < -0.39 is 11.7 Å². The van der Waals surface area contributed by atoms with Gasteiger partial charge in [-0.15, -0.1) is 10.2 Å². The van der Waals surface area contributed by atoms with E-state index in [9.17, 15) is 13.2 Å². The first-order chi connectivity index (χ1) is 17.3. The fraction of sp³-hybridized carbons (Fsp3) is 0.385. The number of hydrogen-bond acceptors (Lipinski definition) is 6. The van der Waals surface area contributed by atoms with Crippen LogP contribution in [0.3, 0.4) is 0 Å². The van der Waals surface area contributed by atoms with Gasteiger partial charge in [0.1, 0.15) is 5.56 Å². The third kappa shape index (κ3) is 4.53. The molecule has 0 amide bonds. The van der Waals surface area contributed by atoms with E-state index in [0.717, 1.165) is 55.1 Å². The van der Waals surface area contributed by atoms with Gasteiger partial charge in [0.2, 0.25) is 0 Å². The molecule has 1 saturated heterocycles. The van der Waals surface area contributed by atoms with Gasteiger partial charge in [0.25, 0.3) is 0 Å². The van der Waals surface area contributed by atoms with Crippen molar-refractivity contribution >= 4 is 16.7 Å². The largest absolute Gasteiger partial charge is 0.420 e. The number of anilines is 1. The molecule has 1 aliphatic heterocycles. The summed E-state index contributed by atoms with van der Waals surface area (Å²) in [6.45, 7) is 2.68.